The first kappa shape index (κ1) is 13.4. The smallest absolute Gasteiger partial charge is 0.0787 e. The van der Waals surface area contributed by atoms with E-state index < -0.39 is 0 Å². The lowest BCUT2D eigenvalue weighted by Crippen LogP contribution is -2.35. The number of aliphatic hydroxyl groups excluding tert-OH is 1. The summed E-state index contributed by atoms with van der Waals surface area (Å²) in [5.41, 5.74) is 2.34. The summed E-state index contributed by atoms with van der Waals surface area (Å²) in [6.45, 7) is 6.66. The molecule has 1 saturated heterocycles. The summed E-state index contributed by atoms with van der Waals surface area (Å²) in [4.78, 5) is 2.49. The molecule has 1 aliphatic rings. The molecule has 1 heterocycles. The molecule has 0 aromatic heterocycles. The van der Waals surface area contributed by atoms with Gasteiger partial charge in [-0.25, -0.2) is 0 Å². The van der Waals surface area contributed by atoms with Gasteiger partial charge in [0.25, 0.3) is 0 Å². The zero-order valence-electron chi connectivity index (χ0n) is 11.6. The summed E-state index contributed by atoms with van der Waals surface area (Å²) in [7, 11) is 0. The number of benzene rings is 1. The molecule has 100 valence electrons. The summed E-state index contributed by atoms with van der Waals surface area (Å²) in [5, 5.41) is 9.80. The Morgan fingerprint density at radius 3 is 2.61 bits per heavy atom. The Hall–Kier alpha value is -1.02. The highest BCUT2D eigenvalue weighted by Crippen LogP contribution is 2.26. The molecule has 2 rings (SSSR count). The number of rotatable bonds is 4. The van der Waals surface area contributed by atoms with Gasteiger partial charge in [0.05, 0.1) is 6.10 Å². The van der Waals surface area contributed by atoms with E-state index in [0.717, 1.165) is 17.9 Å². The molecule has 18 heavy (non-hydrogen) atoms. The van der Waals surface area contributed by atoms with Crippen molar-refractivity contribution >= 4 is 5.69 Å². The zero-order chi connectivity index (χ0) is 13.0. The number of anilines is 1. The summed E-state index contributed by atoms with van der Waals surface area (Å²) < 4.78 is 0. The van der Waals surface area contributed by atoms with Crippen molar-refractivity contribution in [2.24, 2.45) is 5.92 Å². The van der Waals surface area contributed by atoms with Crippen LogP contribution in [0.5, 0.6) is 0 Å². The largest absolute Gasteiger partial charge is 0.388 e. The normalized spacial score (nSPS) is 21.9. The van der Waals surface area contributed by atoms with E-state index in [4.69, 9.17) is 0 Å². The fourth-order valence-corrected chi connectivity index (χ4v) is 2.78. The summed E-state index contributed by atoms with van der Waals surface area (Å²) >= 11 is 0. The van der Waals surface area contributed by atoms with E-state index in [9.17, 15) is 5.11 Å². The van der Waals surface area contributed by atoms with Crippen molar-refractivity contribution in [2.45, 2.75) is 45.6 Å². The van der Waals surface area contributed by atoms with E-state index >= 15 is 0 Å². The molecule has 1 unspecified atom stereocenters. The molecule has 2 heteroatoms. The second kappa shape index (κ2) is 6.24. The Kier molecular flexibility index (Phi) is 4.65. The average molecular weight is 247 g/mol. The van der Waals surface area contributed by atoms with Crippen LogP contribution in [-0.2, 0) is 0 Å². The predicted molar refractivity (Wildman–Crippen MR) is 76.9 cm³/mol. The van der Waals surface area contributed by atoms with Crippen LogP contribution in [0.15, 0.2) is 24.3 Å². The SMILES string of the molecule is CCC1CCCN(c2ccc([C@@H](O)CC)cc2)C1. The van der Waals surface area contributed by atoms with Crippen LogP contribution in [0, 0.1) is 5.92 Å². The van der Waals surface area contributed by atoms with Gasteiger partial charge in [0, 0.05) is 18.8 Å². The topological polar surface area (TPSA) is 23.5 Å². The molecule has 1 N–H and O–H groups in total. The van der Waals surface area contributed by atoms with E-state index in [-0.39, 0.29) is 6.10 Å². The van der Waals surface area contributed by atoms with Crippen molar-refractivity contribution in [3.05, 3.63) is 29.8 Å². The van der Waals surface area contributed by atoms with Crippen LogP contribution in [-0.4, -0.2) is 18.2 Å². The molecule has 0 bridgehead atoms. The molecular formula is C16H25NO. The second-order valence-corrected chi connectivity index (χ2v) is 5.38. The van der Waals surface area contributed by atoms with Gasteiger partial charge in [-0.2, -0.15) is 0 Å². The lowest BCUT2D eigenvalue weighted by molar-refractivity contribution is 0.173. The lowest BCUT2D eigenvalue weighted by atomic mass is 9.95. The first-order valence-corrected chi connectivity index (χ1v) is 7.27. The third-order valence-electron chi connectivity index (χ3n) is 4.13. The average Bonchev–Trinajstić information content (AvgIpc) is 2.46. The van der Waals surface area contributed by atoms with Crippen LogP contribution >= 0.6 is 0 Å². The minimum absolute atomic E-state index is 0.316. The van der Waals surface area contributed by atoms with Gasteiger partial charge < -0.3 is 10.0 Å². The molecule has 0 amide bonds. The molecule has 0 spiro atoms. The summed E-state index contributed by atoms with van der Waals surface area (Å²) in [6, 6.07) is 8.45. The van der Waals surface area contributed by atoms with Crippen LogP contribution in [0.25, 0.3) is 0 Å². The molecule has 2 atom stereocenters. The first-order valence-electron chi connectivity index (χ1n) is 7.27. The Labute approximate surface area is 111 Å². The molecule has 0 aliphatic carbocycles. The maximum absolute atomic E-state index is 9.80. The van der Waals surface area contributed by atoms with Crippen LogP contribution in [0.4, 0.5) is 5.69 Å². The molecular weight excluding hydrogens is 222 g/mol. The first-order chi connectivity index (χ1) is 8.74. The van der Waals surface area contributed by atoms with E-state index in [2.05, 4.69) is 36.1 Å². The van der Waals surface area contributed by atoms with E-state index in [0.29, 0.717) is 0 Å². The lowest BCUT2D eigenvalue weighted by Gasteiger charge is -2.34. The quantitative estimate of drug-likeness (QED) is 0.875. The zero-order valence-corrected chi connectivity index (χ0v) is 11.6. The van der Waals surface area contributed by atoms with Gasteiger partial charge in [-0.15, -0.1) is 0 Å². The number of nitrogens with zero attached hydrogens (tertiary/aromatic N) is 1. The molecule has 1 aromatic rings. The van der Waals surface area contributed by atoms with E-state index in [1.165, 1.54) is 38.0 Å². The van der Waals surface area contributed by atoms with E-state index in [1.807, 2.05) is 6.92 Å². The molecule has 0 radical (unpaired) electrons. The van der Waals surface area contributed by atoms with Gasteiger partial charge in [-0.1, -0.05) is 32.4 Å². The molecule has 1 aromatic carbocycles. The number of aliphatic hydroxyl groups is 1. The minimum Gasteiger partial charge on any atom is -0.388 e. The van der Waals surface area contributed by atoms with Crippen molar-refractivity contribution in [2.75, 3.05) is 18.0 Å². The van der Waals surface area contributed by atoms with Crippen LogP contribution in [0.3, 0.4) is 0 Å². The fraction of sp³-hybridized carbons (Fsp3) is 0.625. The van der Waals surface area contributed by atoms with Crippen LogP contribution in [0.2, 0.25) is 0 Å². The summed E-state index contributed by atoms with van der Waals surface area (Å²) in [5.74, 6) is 0.847. The summed E-state index contributed by atoms with van der Waals surface area (Å²) in [6.07, 6.45) is 4.42. The van der Waals surface area contributed by atoms with Crippen molar-refractivity contribution < 1.29 is 5.11 Å². The maximum atomic E-state index is 9.80. The van der Waals surface area contributed by atoms with E-state index in [1.54, 1.807) is 0 Å². The monoisotopic (exact) mass is 247 g/mol. The van der Waals surface area contributed by atoms with Crippen molar-refractivity contribution in [3.8, 4) is 0 Å². The van der Waals surface area contributed by atoms with Crippen LogP contribution < -0.4 is 4.90 Å². The Morgan fingerprint density at radius 2 is 2.00 bits per heavy atom. The van der Waals surface area contributed by atoms with Gasteiger partial charge in [0.15, 0.2) is 0 Å². The molecule has 0 saturated carbocycles. The van der Waals surface area contributed by atoms with Gasteiger partial charge in [-0.3, -0.25) is 0 Å². The number of hydrogen-bond donors (Lipinski definition) is 1. The Morgan fingerprint density at radius 1 is 1.28 bits per heavy atom. The third kappa shape index (κ3) is 3.05. The van der Waals surface area contributed by atoms with Crippen LogP contribution in [0.1, 0.15) is 51.2 Å². The van der Waals surface area contributed by atoms with Gasteiger partial charge in [0.1, 0.15) is 0 Å². The maximum Gasteiger partial charge on any atom is 0.0787 e. The standard InChI is InChI=1S/C16H25NO/c1-3-13-6-5-11-17(12-13)15-9-7-14(8-10-15)16(18)4-2/h7-10,13,16,18H,3-6,11-12H2,1-2H3/t13?,16-/m0/s1. The van der Waals surface area contributed by atoms with Crippen molar-refractivity contribution in [3.63, 3.8) is 0 Å². The Balaban J connectivity index is 2.04. The highest BCUT2D eigenvalue weighted by Gasteiger charge is 2.18. The fourth-order valence-electron chi connectivity index (χ4n) is 2.78. The van der Waals surface area contributed by atoms with Gasteiger partial charge in [-0.05, 0) is 42.9 Å². The van der Waals surface area contributed by atoms with Gasteiger partial charge in [0.2, 0.25) is 0 Å². The molecule has 1 aliphatic heterocycles. The number of piperidine rings is 1. The highest BCUT2D eigenvalue weighted by molar-refractivity contribution is 5.48. The second-order valence-electron chi connectivity index (χ2n) is 5.38. The number of hydrogen-bond acceptors (Lipinski definition) is 2. The Bertz CT molecular complexity index is 360. The minimum atomic E-state index is -0.316. The third-order valence-corrected chi connectivity index (χ3v) is 4.13. The molecule has 1 fully saturated rings. The van der Waals surface area contributed by atoms with Crippen molar-refractivity contribution in [1.82, 2.24) is 0 Å². The highest BCUT2D eigenvalue weighted by atomic mass is 16.3. The van der Waals surface area contributed by atoms with Crippen molar-refractivity contribution in [1.29, 1.82) is 0 Å². The van der Waals surface area contributed by atoms with Gasteiger partial charge >= 0.3 is 0 Å². The molecule has 2 nitrogen and oxygen atoms in total. The predicted octanol–water partition coefficient (Wildman–Crippen LogP) is 3.76.